The third-order valence-electron chi connectivity index (χ3n) is 2.32. The maximum absolute atomic E-state index is 10.8. The Kier molecular flexibility index (Phi) is 3.62. The van der Waals surface area contributed by atoms with E-state index in [0.717, 1.165) is 10.0 Å². The van der Waals surface area contributed by atoms with Gasteiger partial charge in [-0.2, -0.15) is 0 Å². The van der Waals surface area contributed by atoms with Crippen molar-refractivity contribution in [3.8, 4) is 11.5 Å². The van der Waals surface area contributed by atoms with Crippen LogP contribution in [0.1, 0.15) is 16.1 Å². The lowest BCUT2D eigenvalue weighted by Gasteiger charge is -2.09. The molecule has 0 amide bonds. The molecule has 0 atom stereocenters. The number of carbonyl (C=O) groups is 1. The second-order valence-electron chi connectivity index (χ2n) is 3.69. The first-order chi connectivity index (χ1) is 8.56. The molecule has 0 aliphatic rings. The molecule has 0 radical (unpaired) electrons. The number of benzene rings is 1. The van der Waals surface area contributed by atoms with Gasteiger partial charge in [-0.25, -0.2) is 9.78 Å². The van der Waals surface area contributed by atoms with E-state index in [9.17, 15) is 4.79 Å². The predicted molar refractivity (Wildman–Crippen MR) is 70.1 cm³/mol. The molecule has 2 rings (SSSR count). The summed E-state index contributed by atoms with van der Waals surface area (Å²) in [4.78, 5) is 14.5. The normalized spacial score (nSPS) is 10.1. The smallest absolute Gasteiger partial charge is 0.354 e. The molecule has 4 nitrogen and oxygen atoms in total. The lowest BCUT2D eigenvalue weighted by atomic mass is 10.2. The average Bonchev–Trinajstić information content (AvgIpc) is 2.33. The van der Waals surface area contributed by atoms with Crippen molar-refractivity contribution in [3.63, 3.8) is 0 Å². The van der Waals surface area contributed by atoms with E-state index in [4.69, 9.17) is 9.84 Å². The summed E-state index contributed by atoms with van der Waals surface area (Å²) in [5.74, 6) is 0.0570. The molecule has 5 heteroatoms. The summed E-state index contributed by atoms with van der Waals surface area (Å²) < 4.78 is 6.60. The van der Waals surface area contributed by atoms with Crippen LogP contribution in [-0.4, -0.2) is 16.1 Å². The molecule has 0 bridgehead atoms. The van der Waals surface area contributed by atoms with Gasteiger partial charge in [0.05, 0.1) is 0 Å². The van der Waals surface area contributed by atoms with Crippen LogP contribution >= 0.6 is 15.9 Å². The third kappa shape index (κ3) is 2.87. The summed E-state index contributed by atoms with van der Waals surface area (Å²) in [6.07, 6.45) is 1.41. The van der Waals surface area contributed by atoms with Crippen LogP contribution in [0.3, 0.4) is 0 Å². The highest BCUT2D eigenvalue weighted by molar-refractivity contribution is 9.10. The van der Waals surface area contributed by atoms with E-state index in [-0.39, 0.29) is 5.69 Å². The van der Waals surface area contributed by atoms with Crippen LogP contribution in [0, 0.1) is 6.92 Å². The Hall–Kier alpha value is -1.88. The fraction of sp³-hybridized carbons (Fsp3) is 0.0769. The van der Waals surface area contributed by atoms with Crippen LogP contribution in [0.4, 0.5) is 0 Å². The minimum Gasteiger partial charge on any atom is -0.477 e. The number of aromatic carboxylic acids is 1. The lowest BCUT2D eigenvalue weighted by Crippen LogP contribution is -1.99. The fourth-order valence-corrected chi connectivity index (χ4v) is 1.92. The van der Waals surface area contributed by atoms with Gasteiger partial charge in [0.1, 0.15) is 11.5 Å². The monoisotopic (exact) mass is 307 g/mol. The number of carboxylic acid groups (broad SMARTS) is 1. The quantitative estimate of drug-likeness (QED) is 0.940. The number of pyridine rings is 1. The Balaban J connectivity index is 2.28. The molecule has 18 heavy (non-hydrogen) atoms. The number of ether oxygens (including phenoxy) is 1. The van der Waals surface area contributed by atoms with E-state index >= 15 is 0 Å². The maximum Gasteiger partial charge on any atom is 0.354 e. The van der Waals surface area contributed by atoms with Gasteiger partial charge in [-0.15, -0.1) is 0 Å². The molecule has 0 fully saturated rings. The van der Waals surface area contributed by atoms with Gasteiger partial charge in [-0.1, -0.05) is 15.9 Å². The molecule has 0 saturated carbocycles. The summed E-state index contributed by atoms with van der Waals surface area (Å²) >= 11 is 3.37. The first-order valence-corrected chi connectivity index (χ1v) is 5.99. The van der Waals surface area contributed by atoms with E-state index in [1.807, 2.05) is 25.1 Å². The van der Waals surface area contributed by atoms with Crippen molar-refractivity contribution in [1.29, 1.82) is 0 Å². The zero-order chi connectivity index (χ0) is 13.1. The molecule has 1 N–H and O–H groups in total. The number of halogens is 1. The molecular formula is C13H10BrNO3. The number of rotatable bonds is 3. The van der Waals surface area contributed by atoms with E-state index in [2.05, 4.69) is 20.9 Å². The van der Waals surface area contributed by atoms with Crippen molar-refractivity contribution in [3.05, 3.63) is 52.3 Å². The summed E-state index contributed by atoms with van der Waals surface area (Å²) in [6.45, 7) is 1.92. The van der Waals surface area contributed by atoms with Gasteiger partial charge < -0.3 is 9.84 Å². The average molecular weight is 308 g/mol. The minimum absolute atomic E-state index is 0.0396. The molecular weight excluding hydrogens is 298 g/mol. The first-order valence-electron chi connectivity index (χ1n) is 5.19. The Bertz CT molecular complexity index is 599. The van der Waals surface area contributed by atoms with Gasteiger partial charge in [0.15, 0.2) is 5.69 Å². The number of carboxylic acids is 1. The highest BCUT2D eigenvalue weighted by Crippen LogP contribution is 2.27. The van der Waals surface area contributed by atoms with Crippen LogP contribution in [0.15, 0.2) is 41.0 Å². The van der Waals surface area contributed by atoms with Crippen LogP contribution in [0.5, 0.6) is 11.5 Å². The topological polar surface area (TPSA) is 59.4 Å². The standard InChI is InChI=1S/C13H10BrNO3/c1-8-6-9(14)2-3-12(8)18-10-4-5-15-11(7-10)13(16)17/h2-7H,1H3,(H,16,17). The van der Waals surface area contributed by atoms with Crippen molar-refractivity contribution in [1.82, 2.24) is 4.98 Å². The highest BCUT2D eigenvalue weighted by Gasteiger charge is 2.07. The van der Waals surface area contributed by atoms with Gasteiger partial charge in [0, 0.05) is 16.7 Å². The third-order valence-corrected chi connectivity index (χ3v) is 2.81. The van der Waals surface area contributed by atoms with Crippen molar-refractivity contribution < 1.29 is 14.6 Å². The molecule has 1 aromatic carbocycles. The first kappa shape index (κ1) is 12.6. The SMILES string of the molecule is Cc1cc(Br)ccc1Oc1ccnc(C(=O)O)c1. The van der Waals surface area contributed by atoms with Crippen molar-refractivity contribution in [2.75, 3.05) is 0 Å². The van der Waals surface area contributed by atoms with Gasteiger partial charge >= 0.3 is 5.97 Å². The molecule has 0 aliphatic heterocycles. The van der Waals surface area contributed by atoms with E-state index in [1.54, 1.807) is 6.07 Å². The zero-order valence-corrected chi connectivity index (χ0v) is 11.1. The van der Waals surface area contributed by atoms with Crippen LogP contribution in [-0.2, 0) is 0 Å². The van der Waals surface area contributed by atoms with E-state index < -0.39 is 5.97 Å². The molecule has 92 valence electrons. The Morgan fingerprint density at radius 2 is 2.11 bits per heavy atom. The second kappa shape index (κ2) is 5.18. The fourth-order valence-electron chi connectivity index (χ4n) is 1.45. The second-order valence-corrected chi connectivity index (χ2v) is 4.61. The van der Waals surface area contributed by atoms with Crippen molar-refractivity contribution in [2.24, 2.45) is 0 Å². The Morgan fingerprint density at radius 3 is 2.78 bits per heavy atom. The molecule has 2 aromatic rings. The van der Waals surface area contributed by atoms with Crippen LogP contribution in [0.25, 0.3) is 0 Å². The van der Waals surface area contributed by atoms with E-state index in [1.165, 1.54) is 12.3 Å². The predicted octanol–water partition coefficient (Wildman–Crippen LogP) is 3.64. The zero-order valence-electron chi connectivity index (χ0n) is 9.55. The number of hydrogen-bond donors (Lipinski definition) is 1. The molecule has 0 aliphatic carbocycles. The van der Waals surface area contributed by atoms with Crippen molar-refractivity contribution >= 4 is 21.9 Å². The number of hydrogen-bond acceptors (Lipinski definition) is 3. The van der Waals surface area contributed by atoms with Gasteiger partial charge in [-0.3, -0.25) is 0 Å². The molecule has 0 unspecified atom stereocenters. The van der Waals surface area contributed by atoms with Gasteiger partial charge in [-0.05, 0) is 36.8 Å². The largest absolute Gasteiger partial charge is 0.477 e. The summed E-state index contributed by atoms with van der Waals surface area (Å²) in [5.41, 5.74) is 0.917. The minimum atomic E-state index is -1.08. The molecule has 1 heterocycles. The Morgan fingerprint density at radius 1 is 1.33 bits per heavy atom. The maximum atomic E-state index is 10.8. The van der Waals surface area contributed by atoms with Gasteiger partial charge in [0.2, 0.25) is 0 Å². The summed E-state index contributed by atoms with van der Waals surface area (Å²) in [7, 11) is 0. The number of nitrogens with zero attached hydrogens (tertiary/aromatic N) is 1. The van der Waals surface area contributed by atoms with Crippen LogP contribution < -0.4 is 4.74 Å². The number of aromatic nitrogens is 1. The Labute approximate surface area is 112 Å². The van der Waals surface area contributed by atoms with E-state index in [0.29, 0.717) is 11.5 Å². The van der Waals surface area contributed by atoms with Crippen LogP contribution in [0.2, 0.25) is 0 Å². The lowest BCUT2D eigenvalue weighted by molar-refractivity contribution is 0.0690. The number of aryl methyl sites for hydroxylation is 1. The van der Waals surface area contributed by atoms with Crippen molar-refractivity contribution in [2.45, 2.75) is 6.92 Å². The molecule has 1 aromatic heterocycles. The summed E-state index contributed by atoms with van der Waals surface area (Å²) in [6, 6.07) is 8.62. The highest BCUT2D eigenvalue weighted by atomic mass is 79.9. The van der Waals surface area contributed by atoms with Gasteiger partial charge in [0.25, 0.3) is 0 Å². The molecule has 0 saturated heterocycles. The summed E-state index contributed by atoms with van der Waals surface area (Å²) in [5, 5.41) is 8.84. The molecule has 0 spiro atoms.